The summed E-state index contributed by atoms with van der Waals surface area (Å²) in [4.78, 5) is 0. The lowest BCUT2D eigenvalue weighted by molar-refractivity contribution is 0.0427. The van der Waals surface area contributed by atoms with Gasteiger partial charge in [0, 0.05) is 4.47 Å². The van der Waals surface area contributed by atoms with E-state index < -0.39 is 11.5 Å². The predicted molar refractivity (Wildman–Crippen MR) is 79.4 cm³/mol. The molecule has 1 saturated carbocycles. The number of aliphatic hydroxyl groups is 1. The Morgan fingerprint density at radius 1 is 1.20 bits per heavy atom. The molecule has 0 spiro atoms. The summed E-state index contributed by atoms with van der Waals surface area (Å²) in [5.74, 6) is -0.388. The molecule has 4 heteroatoms. The van der Waals surface area contributed by atoms with Crippen LogP contribution in [0.15, 0.2) is 22.7 Å². The first kappa shape index (κ1) is 15.5. The summed E-state index contributed by atoms with van der Waals surface area (Å²) in [6.07, 6.45) is 5.68. The van der Waals surface area contributed by atoms with E-state index in [1.807, 2.05) is 0 Å². The Kier molecular flexibility index (Phi) is 5.17. The van der Waals surface area contributed by atoms with Crippen LogP contribution in [-0.4, -0.2) is 5.11 Å². The van der Waals surface area contributed by atoms with Gasteiger partial charge in [-0.25, -0.2) is 4.39 Å². The molecule has 20 heavy (non-hydrogen) atoms. The first-order valence-electron chi connectivity index (χ1n) is 7.13. The summed E-state index contributed by atoms with van der Waals surface area (Å²) in [6, 6.07) is 6.59. The van der Waals surface area contributed by atoms with Crippen molar-refractivity contribution in [1.82, 2.24) is 0 Å². The minimum Gasteiger partial charge on any atom is -0.387 e. The third-order valence-corrected chi connectivity index (χ3v) is 4.97. The highest BCUT2D eigenvalue weighted by molar-refractivity contribution is 9.10. The molecule has 0 radical (unpaired) electrons. The molecule has 108 valence electrons. The number of rotatable bonds is 2. The fourth-order valence-electron chi connectivity index (χ4n) is 3.00. The molecule has 0 heterocycles. The van der Waals surface area contributed by atoms with Gasteiger partial charge in [-0.3, -0.25) is 0 Å². The van der Waals surface area contributed by atoms with E-state index in [0.717, 1.165) is 25.7 Å². The third kappa shape index (κ3) is 3.21. The topological polar surface area (TPSA) is 44.0 Å². The predicted octanol–water partition coefficient (Wildman–Crippen LogP) is 4.88. The second-order valence-electron chi connectivity index (χ2n) is 5.60. The van der Waals surface area contributed by atoms with E-state index in [0.29, 0.717) is 22.9 Å². The van der Waals surface area contributed by atoms with E-state index in [1.165, 1.54) is 18.6 Å². The van der Waals surface area contributed by atoms with Gasteiger partial charge in [-0.1, -0.05) is 48.0 Å². The largest absolute Gasteiger partial charge is 0.387 e. The van der Waals surface area contributed by atoms with Crippen molar-refractivity contribution in [2.45, 2.75) is 51.0 Å². The van der Waals surface area contributed by atoms with E-state index in [1.54, 1.807) is 6.07 Å². The molecular formula is C16H19BrFNO. The van der Waals surface area contributed by atoms with Gasteiger partial charge in [0.05, 0.1) is 17.6 Å². The summed E-state index contributed by atoms with van der Waals surface area (Å²) in [5, 5.41) is 20.3. The lowest BCUT2D eigenvalue weighted by atomic mass is 9.71. The fourth-order valence-corrected chi connectivity index (χ4v) is 3.47. The van der Waals surface area contributed by atoms with Crippen LogP contribution < -0.4 is 0 Å². The molecule has 0 saturated heterocycles. The molecule has 1 aromatic rings. The SMILES string of the molecule is N#CC1(C(O)c2cc(F)ccc2Br)CCCCCCC1. The summed E-state index contributed by atoms with van der Waals surface area (Å²) in [6.45, 7) is 0. The minimum absolute atomic E-state index is 0.388. The van der Waals surface area contributed by atoms with Crippen molar-refractivity contribution in [3.63, 3.8) is 0 Å². The van der Waals surface area contributed by atoms with E-state index in [9.17, 15) is 14.8 Å². The number of hydrogen-bond acceptors (Lipinski definition) is 2. The maximum atomic E-state index is 13.4. The monoisotopic (exact) mass is 339 g/mol. The highest BCUT2D eigenvalue weighted by Gasteiger charge is 2.39. The van der Waals surface area contributed by atoms with Crippen molar-refractivity contribution in [3.8, 4) is 6.07 Å². The highest BCUT2D eigenvalue weighted by atomic mass is 79.9. The van der Waals surface area contributed by atoms with Crippen LogP contribution in [-0.2, 0) is 0 Å². The van der Waals surface area contributed by atoms with Crippen LogP contribution in [0.2, 0.25) is 0 Å². The van der Waals surface area contributed by atoms with Crippen molar-refractivity contribution >= 4 is 15.9 Å². The first-order chi connectivity index (χ1) is 9.59. The molecule has 1 fully saturated rings. The number of nitrogens with zero attached hydrogens (tertiary/aromatic N) is 1. The van der Waals surface area contributed by atoms with Gasteiger partial charge in [-0.05, 0) is 36.6 Å². The molecule has 2 nitrogen and oxygen atoms in total. The molecule has 0 amide bonds. The Morgan fingerprint density at radius 2 is 1.80 bits per heavy atom. The fraction of sp³-hybridized carbons (Fsp3) is 0.562. The van der Waals surface area contributed by atoms with Gasteiger partial charge in [0.25, 0.3) is 0 Å². The zero-order chi connectivity index (χ0) is 14.6. The summed E-state index contributed by atoms with van der Waals surface area (Å²) < 4.78 is 14.1. The Morgan fingerprint density at radius 3 is 2.40 bits per heavy atom. The summed E-state index contributed by atoms with van der Waals surface area (Å²) in [5.41, 5.74) is -0.316. The standard InChI is InChI=1S/C16H19BrFNO/c17-14-7-6-12(18)10-13(14)15(20)16(11-19)8-4-2-1-3-5-9-16/h6-7,10,15,20H,1-5,8-9H2. The van der Waals surface area contributed by atoms with Crippen molar-refractivity contribution in [2.75, 3.05) is 0 Å². The van der Waals surface area contributed by atoms with Crippen molar-refractivity contribution in [3.05, 3.63) is 34.1 Å². The van der Waals surface area contributed by atoms with E-state index in [2.05, 4.69) is 22.0 Å². The van der Waals surface area contributed by atoms with Crippen LogP contribution in [0, 0.1) is 22.6 Å². The van der Waals surface area contributed by atoms with E-state index in [4.69, 9.17) is 0 Å². The number of hydrogen-bond donors (Lipinski definition) is 1. The Labute approximate surface area is 127 Å². The van der Waals surface area contributed by atoms with Gasteiger partial charge in [-0.2, -0.15) is 5.26 Å². The molecule has 0 aliphatic heterocycles. The second-order valence-corrected chi connectivity index (χ2v) is 6.46. The molecule has 1 unspecified atom stereocenters. The van der Waals surface area contributed by atoms with Gasteiger partial charge in [0.1, 0.15) is 5.82 Å². The minimum atomic E-state index is -0.948. The van der Waals surface area contributed by atoms with Crippen LogP contribution in [0.5, 0.6) is 0 Å². The number of halogens is 2. The smallest absolute Gasteiger partial charge is 0.123 e. The molecule has 1 atom stereocenters. The Hall–Kier alpha value is -0.920. The van der Waals surface area contributed by atoms with Gasteiger partial charge >= 0.3 is 0 Å². The average molecular weight is 340 g/mol. The van der Waals surface area contributed by atoms with Crippen molar-refractivity contribution < 1.29 is 9.50 Å². The first-order valence-corrected chi connectivity index (χ1v) is 7.93. The molecule has 1 aromatic carbocycles. The van der Waals surface area contributed by atoms with E-state index >= 15 is 0 Å². The molecule has 1 aliphatic carbocycles. The third-order valence-electron chi connectivity index (χ3n) is 4.24. The van der Waals surface area contributed by atoms with Crippen LogP contribution in [0.1, 0.15) is 56.6 Å². The quantitative estimate of drug-likeness (QED) is 0.834. The highest BCUT2D eigenvalue weighted by Crippen LogP contribution is 2.45. The molecule has 2 rings (SSSR count). The zero-order valence-corrected chi connectivity index (χ0v) is 13.0. The number of benzene rings is 1. The van der Waals surface area contributed by atoms with Crippen molar-refractivity contribution in [2.24, 2.45) is 5.41 Å². The van der Waals surface area contributed by atoms with Crippen LogP contribution in [0.25, 0.3) is 0 Å². The molecule has 1 N–H and O–H groups in total. The second kappa shape index (κ2) is 6.69. The Balaban J connectivity index is 2.33. The number of nitriles is 1. The lowest BCUT2D eigenvalue weighted by Crippen LogP contribution is -2.29. The normalized spacial score (nSPS) is 20.5. The molecule has 0 bridgehead atoms. The van der Waals surface area contributed by atoms with Crippen LogP contribution in [0.4, 0.5) is 4.39 Å². The number of aliphatic hydroxyl groups excluding tert-OH is 1. The van der Waals surface area contributed by atoms with Gasteiger partial charge < -0.3 is 5.11 Å². The van der Waals surface area contributed by atoms with Gasteiger partial charge in [0.15, 0.2) is 0 Å². The summed E-state index contributed by atoms with van der Waals surface area (Å²) >= 11 is 3.35. The van der Waals surface area contributed by atoms with Crippen LogP contribution in [0.3, 0.4) is 0 Å². The summed E-state index contributed by atoms with van der Waals surface area (Å²) in [7, 11) is 0. The van der Waals surface area contributed by atoms with Gasteiger partial charge in [-0.15, -0.1) is 0 Å². The van der Waals surface area contributed by atoms with Crippen molar-refractivity contribution in [1.29, 1.82) is 5.26 Å². The zero-order valence-electron chi connectivity index (χ0n) is 11.4. The van der Waals surface area contributed by atoms with Gasteiger partial charge in [0.2, 0.25) is 0 Å². The maximum Gasteiger partial charge on any atom is 0.123 e. The Bertz CT molecular complexity index is 504. The average Bonchev–Trinajstić information content (AvgIpc) is 2.41. The van der Waals surface area contributed by atoms with Crippen LogP contribution >= 0.6 is 15.9 Å². The molecular weight excluding hydrogens is 321 g/mol. The lowest BCUT2D eigenvalue weighted by Gasteiger charge is -2.34. The molecule has 1 aliphatic rings. The van der Waals surface area contributed by atoms with E-state index in [-0.39, 0.29) is 5.82 Å². The maximum absolute atomic E-state index is 13.4. The molecule has 0 aromatic heterocycles.